The van der Waals surface area contributed by atoms with Crippen LogP contribution in [0.25, 0.3) is 10.9 Å². The van der Waals surface area contributed by atoms with Gasteiger partial charge in [-0.1, -0.05) is 17.7 Å². The number of pyridine rings is 1. The van der Waals surface area contributed by atoms with Gasteiger partial charge in [0.1, 0.15) is 0 Å². The van der Waals surface area contributed by atoms with E-state index in [1.807, 2.05) is 6.92 Å². The molecule has 82 valence electrons. The number of nitrogens with zero attached hydrogens (tertiary/aromatic N) is 1. The standard InChI is InChI=1S/C11H7BrClNO2/c1-5-8(13)3-2-6-9(12)7(11(15)16)4-14-10(5)6/h2-4H,1H3,(H,15,16). The summed E-state index contributed by atoms with van der Waals surface area (Å²) in [5.41, 5.74) is 1.70. The number of hydrogen-bond acceptors (Lipinski definition) is 2. The van der Waals surface area contributed by atoms with E-state index in [0.29, 0.717) is 15.0 Å². The largest absolute Gasteiger partial charge is 0.478 e. The first kappa shape index (κ1) is 11.4. The summed E-state index contributed by atoms with van der Waals surface area (Å²) >= 11 is 9.25. The van der Waals surface area contributed by atoms with Gasteiger partial charge in [0, 0.05) is 21.1 Å². The monoisotopic (exact) mass is 299 g/mol. The van der Waals surface area contributed by atoms with Gasteiger partial charge in [-0.2, -0.15) is 0 Å². The molecule has 1 N–H and O–H groups in total. The van der Waals surface area contributed by atoms with Gasteiger partial charge in [0.05, 0.1) is 11.1 Å². The molecule has 16 heavy (non-hydrogen) atoms. The van der Waals surface area contributed by atoms with E-state index >= 15 is 0 Å². The van der Waals surface area contributed by atoms with Crippen LogP contribution in [-0.4, -0.2) is 16.1 Å². The normalized spacial score (nSPS) is 10.7. The van der Waals surface area contributed by atoms with Crippen LogP contribution in [0.2, 0.25) is 5.02 Å². The first-order valence-electron chi connectivity index (χ1n) is 4.49. The number of carbonyl (C=O) groups is 1. The highest BCUT2D eigenvalue weighted by Crippen LogP contribution is 2.30. The molecule has 3 nitrogen and oxygen atoms in total. The molecule has 0 fully saturated rings. The number of rotatable bonds is 1. The summed E-state index contributed by atoms with van der Waals surface area (Å²) in [6, 6.07) is 3.49. The smallest absolute Gasteiger partial charge is 0.338 e. The van der Waals surface area contributed by atoms with E-state index in [1.165, 1.54) is 6.20 Å². The summed E-state index contributed by atoms with van der Waals surface area (Å²) in [7, 11) is 0. The second kappa shape index (κ2) is 4.03. The average molecular weight is 301 g/mol. The van der Waals surface area contributed by atoms with Gasteiger partial charge in [-0.3, -0.25) is 4.98 Å². The summed E-state index contributed by atoms with van der Waals surface area (Å²) in [6.45, 7) is 1.85. The first-order chi connectivity index (χ1) is 7.52. The van der Waals surface area contributed by atoms with Crippen molar-refractivity contribution in [2.45, 2.75) is 6.92 Å². The molecule has 0 unspecified atom stereocenters. The maximum atomic E-state index is 10.9. The van der Waals surface area contributed by atoms with E-state index in [9.17, 15) is 4.79 Å². The Morgan fingerprint density at radius 2 is 2.19 bits per heavy atom. The van der Waals surface area contributed by atoms with Gasteiger partial charge in [0.2, 0.25) is 0 Å². The Labute approximate surface area is 105 Å². The van der Waals surface area contributed by atoms with Gasteiger partial charge in [-0.15, -0.1) is 0 Å². The molecule has 0 bridgehead atoms. The molecule has 2 aromatic rings. The molecule has 0 saturated carbocycles. The summed E-state index contributed by atoms with van der Waals surface area (Å²) in [6.07, 6.45) is 1.33. The molecule has 2 rings (SSSR count). The highest BCUT2D eigenvalue weighted by Gasteiger charge is 2.14. The van der Waals surface area contributed by atoms with Gasteiger partial charge >= 0.3 is 5.97 Å². The van der Waals surface area contributed by atoms with Crippen molar-refractivity contribution in [3.63, 3.8) is 0 Å². The summed E-state index contributed by atoms with van der Waals surface area (Å²) < 4.78 is 0.532. The molecule has 1 aromatic carbocycles. The Bertz CT molecular complexity index is 598. The molecule has 0 amide bonds. The van der Waals surface area contributed by atoms with Crippen molar-refractivity contribution < 1.29 is 9.90 Å². The van der Waals surface area contributed by atoms with Crippen LogP contribution in [0.4, 0.5) is 0 Å². The Balaban J connectivity index is 2.87. The molecular formula is C11H7BrClNO2. The number of aryl methyl sites for hydroxylation is 1. The van der Waals surface area contributed by atoms with Crippen molar-refractivity contribution in [3.05, 3.63) is 39.0 Å². The SMILES string of the molecule is Cc1c(Cl)ccc2c(Br)c(C(=O)O)cnc12. The molecule has 0 radical (unpaired) electrons. The van der Waals surface area contributed by atoms with Crippen molar-refractivity contribution in [3.8, 4) is 0 Å². The topological polar surface area (TPSA) is 50.2 Å². The van der Waals surface area contributed by atoms with Gasteiger partial charge in [0.25, 0.3) is 0 Å². The third-order valence-electron chi connectivity index (χ3n) is 2.39. The quantitative estimate of drug-likeness (QED) is 0.874. The van der Waals surface area contributed by atoms with Gasteiger partial charge in [0.15, 0.2) is 0 Å². The Hall–Kier alpha value is -1.13. The number of aromatic carboxylic acids is 1. The molecular weight excluding hydrogens is 293 g/mol. The number of aromatic nitrogens is 1. The Morgan fingerprint density at radius 3 is 2.81 bits per heavy atom. The fraction of sp³-hybridized carbons (Fsp3) is 0.0909. The molecule has 0 aliphatic carbocycles. The minimum atomic E-state index is -1.01. The van der Waals surface area contributed by atoms with Gasteiger partial charge in [-0.25, -0.2) is 4.79 Å². The number of fused-ring (bicyclic) bond motifs is 1. The van der Waals surface area contributed by atoms with E-state index in [0.717, 1.165) is 10.9 Å². The summed E-state index contributed by atoms with van der Waals surface area (Å²) in [4.78, 5) is 15.0. The highest BCUT2D eigenvalue weighted by molar-refractivity contribution is 9.10. The lowest BCUT2D eigenvalue weighted by Gasteiger charge is -2.07. The molecule has 1 aromatic heterocycles. The number of benzene rings is 1. The number of carboxylic acids is 1. The molecule has 5 heteroatoms. The van der Waals surface area contributed by atoms with Crippen LogP contribution in [0, 0.1) is 6.92 Å². The van der Waals surface area contributed by atoms with Crippen molar-refractivity contribution in [1.29, 1.82) is 0 Å². The van der Waals surface area contributed by atoms with E-state index in [-0.39, 0.29) is 5.56 Å². The molecule has 0 aliphatic rings. The van der Waals surface area contributed by atoms with Crippen LogP contribution in [0.3, 0.4) is 0 Å². The van der Waals surface area contributed by atoms with Crippen LogP contribution in [-0.2, 0) is 0 Å². The zero-order chi connectivity index (χ0) is 11.9. The number of hydrogen-bond donors (Lipinski definition) is 1. The number of halogens is 2. The van der Waals surface area contributed by atoms with Crippen LogP contribution in [0.1, 0.15) is 15.9 Å². The minimum absolute atomic E-state index is 0.147. The van der Waals surface area contributed by atoms with Gasteiger partial charge < -0.3 is 5.11 Å². The minimum Gasteiger partial charge on any atom is -0.478 e. The van der Waals surface area contributed by atoms with Gasteiger partial charge in [-0.05, 0) is 34.5 Å². The van der Waals surface area contributed by atoms with E-state index in [2.05, 4.69) is 20.9 Å². The van der Waals surface area contributed by atoms with E-state index in [4.69, 9.17) is 16.7 Å². The maximum absolute atomic E-state index is 10.9. The zero-order valence-corrected chi connectivity index (χ0v) is 10.6. The van der Waals surface area contributed by atoms with Crippen molar-refractivity contribution in [1.82, 2.24) is 4.98 Å². The zero-order valence-electron chi connectivity index (χ0n) is 8.29. The first-order valence-corrected chi connectivity index (χ1v) is 5.66. The van der Waals surface area contributed by atoms with E-state index in [1.54, 1.807) is 12.1 Å². The van der Waals surface area contributed by atoms with Crippen LogP contribution in [0.5, 0.6) is 0 Å². The Kier molecular flexibility index (Phi) is 2.86. The maximum Gasteiger partial charge on any atom is 0.338 e. The molecule has 0 aliphatic heterocycles. The van der Waals surface area contributed by atoms with Crippen LogP contribution < -0.4 is 0 Å². The predicted molar refractivity (Wildman–Crippen MR) is 66.1 cm³/mol. The molecule has 0 spiro atoms. The van der Waals surface area contributed by atoms with Crippen LogP contribution in [0.15, 0.2) is 22.8 Å². The molecule has 0 saturated heterocycles. The molecule has 0 atom stereocenters. The fourth-order valence-corrected chi connectivity index (χ4v) is 2.24. The fourth-order valence-electron chi connectivity index (χ4n) is 1.50. The van der Waals surface area contributed by atoms with Crippen LogP contribution >= 0.6 is 27.5 Å². The van der Waals surface area contributed by atoms with Crippen molar-refractivity contribution >= 4 is 44.4 Å². The van der Waals surface area contributed by atoms with Crippen molar-refractivity contribution in [2.75, 3.05) is 0 Å². The molecule has 1 heterocycles. The highest BCUT2D eigenvalue weighted by atomic mass is 79.9. The lowest BCUT2D eigenvalue weighted by atomic mass is 10.1. The summed E-state index contributed by atoms with van der Waals surface area (Å²) in [5.74, 6) is -1.01. The second-order valence-corrected chi connectivity index (χ2v) is 4.56. The second-order valence-electron chi connectivity index (χ2n) is 3.36. The summed E-state index contributed by atoms with van der Waals surface area (Å²) in [5, 5.41) is 10.3. The number of carboxylic acid groups (broad SMARTS) is 1. The lowest BCUT2D eigenvalue weighted by molar-refractivity contribution is 0.0695. The van der Waals surface area contributed by atoms with Crippen molar-refractivity contribution in [2.24, 2.45) is 0 Å². The average Bonchev–Trinajstić information content (AvgIpc) is 2.23. The Morgan fingerprint density at radius 1 is 1.50 bits per heavy atom. The third-order valence-corrected chi connectivity index (χ3v) is 3.65. The predicted octanol–water partition coefficient (Wildman–Crippen LogP) is 3.66. The van der Waals surface area contributed by atoms with E-state index < -0.39 is 5.97 Å². The third kappa shape index (κ3) is 1.68. The lowest BCUT2D eigenvalue weighted by Crippen LogP contribution is -2.00.